The van der Waals surface area contributed by atoms with Crippen molar-refractivity contribution in [2.75, 3.05) is 19.7 Å². The van der Waals surface area contributed by atoms with Crippen LogP contribution in [-0.2, 0) is 0 Å². The summed E-state index contributed by atoms with van der Waals surface area (Å²) in [4.78, 5) is 16.5. The van der Waals surface area contributed by atoms with Crippen LogP contribution >= 0.6 is 0 Å². The van der Waals surface area contributed by atoms with Crippen molar-refractivity contribution in [2.45, 2.75) is 20.3 Å². The summed E-state index contributed by atoms with van der Waals surface area (Å²) in [6, 6.07) is 5.07. The van der Waals surface area contributed by atoms with E-state index >= 15 is 0 Å². The maximum absolute atomic E-state index is 12.5. The van der Waals surface area contributed by atoms with E-state index in [9.17, 15) is 13.6 Å². The van der Waals surface area contributed by atoms with Gasteiger partial charge in [0.2, 0.25) is 0 Å². The normalized spacial score (nSPS) is 11.3. The molecular formula is C15H18F2N2O2. The Morgan fingerprint density at radius 1 is 1.38 bits per heavy atom. The molecular weight excluding hydrogens is 278 g/mol. The summed E-state index contributed by atoms with van der Waals surface area (Å²) in [5, 5.41) is 9.82. The maximum Gasteiger partial charge on any atom is 0.255 e. The lowest BCUT2D eigenvalue weighted by molar-refractivity contribution is 0.0509. The van der Waals surface area contributed by atoms with E-state index in [1.165, 1.54) is 0 Å². The molecule has 0 saturated carbocycles. The molecule has 6 heteroatoms. The van der Waals surface area contributed by atoms with E-state index in [1.807, 2.05) is 13.8 Å². The number of halogens is 2. The number of nitrogens with zero attached hydrogens (tertiary/aromatic N) is 1. The first-order valence-electron chi connectivity index (χ1n) is 6.71. The van der Waals surface area contributed by atoms with E-state index in [4.69, 9.17) is 5.11 Å². The van der Waals surface area contributed by atoms with E-state index in [1.54, 1.807) is 18.2 Å². The molecule has 2 rings (SSSR count). The fraction of sp³-hybridized carbons (Fsp3) is 0.400. The quantitative estimate of drug-likeness (QED) is 0.890. The molecule has 2 aromatic rings. The Labute approximate surface area is 121 Å². The number of fused-ring (bicyclic) bond motifs is 1. The van der Waals surface area contributed by atoms with Gasteiger partial charge in [-0.3, -0.25) is 4.79 Å². The number of rotatable bonds is 5. The number of hydrogen-bond donors (Lipinski definition) is 2. The van der Waals surface area contributed by atoms with Crippen molar-refractivity contribution >= 4 is 16.8 Å². The van der Waals surface area contributed by atoms with Gasteiger partial charge in [0.05, 0.1) is 13.2 Å². The van der Waals surface area contributed by atoms with Crippen molar-refractivity contribution in [3.05, 3.63) is 35.0 Å². The van der Waals surface area contributed by atoms with Gasteiger partial charge >= 0.3 is 0 Å². The van der Waals surface area contributed by atoms with Crippen molar-refractivity contribution in [3.8, 4) is 0 Å². The first-order valence-corrected chi connectivity index (χ1v) is 6.71. The smallest absolute Gasteiger partial charge is 0.255 e. The zero-order chi connectivity index (χ0) is 15.6. The molecule has 0 aliphatic rings. The molecule has 0 radical (unpaired) electrons. The van der Waals surface area contributed by atoms with Gasteiger partial charge in [0.1, 0.15) is 0 Å². The van der Waals surface area contributed by atoms with Gasteiger partial charge in [0.15, 0.2) is 0 Å². The highest BCUT2D eigenvalue weighted by molar-refractivity contribution is 5.99. The van der Waals surface area contributed by atoms with Crippen LogP contribution in [0.5, 0.6) is 0 Å². The minimum Gasteiger partial charge on any atom is -0.395 e. The molecule has 0 spiro atoms. The van der Waals surface area contributed by atoms with Gasteiger partial charge < -0.3 is 15.0 Å². The topological polar surface area (TPSA) is 56.3 Å². The molecule has 1 aromatic heterocycles. The molecule has 0 saturated heterocycles. The molecule has 0 atom stereocenters. The van der Waals surface area contributed by atoms with Crippen LogP contribution in [0.15, 0.2) is 18.2 Å². The Balaban J connectivity index is 2.34. The Morgan fingerprint density at radius 2 is 2.10 bits per heavy atom. The lowest BCUT2D eigenvalue weighted by Crippen LogP contribution is -2.37. The summed E-state index contributed by atoms with van der Waals surface area (Å²) < 4.78 is 25.0. The fourth-order valence-electron chi connectivity index (χ4n) is 2.34. The zero-order valence-corrected chi connectivity index (χ0v) is 12.0. The third-order valence-corrected chi connectivity index (χ3v) is 3.57. The van der Waals surface area contributed by atoms with E-state index in [0.717, 1.165) is 27.1 Å². The van der Waals surface area contributed by atoms with Crippen LogP contribution in [-0.4, -0.2) is 47.0 Å². The van der Waals surface area contributed by atoms with Crippen molar-refractivity contribution in [1.29, 1.82) is 0 Å². The van der Waals surface area contributed by atoms with E-state index in [-0.39, 0.29) is 13.2 Å². The molecule has 0 unspecified atom stereocenters. The van der Waals surface area contributed by atoms with Gasteiger partial charge in [-0.05, 0) is 37.6 Å². The average molecular weight is 296 g/mol. The maximum atomic E-state index is 12.5. The van der Waals surface area contributed by atoms with Gasteiger partial charge in [0.25, 0.3) is 12.3 Å². The number of alkyl halides is 2. The van der Waals surface area contributed by atoms with Gasteiger partial charge in [-0.25, -0.2) is 8.78 Å². The third-order valence-electron chi connectivity index (χ3n) is 3.57. The Bertz CT molecular complexity index is 652. The minimum absolute atomic E-state index is 0.105. The van der Waals surface area contributed by atoms with Crippen LogP contribution in [0.4, 0.5) is 8.78 Å². The standard InChI is InChI=1S/C15H18F2N2O2/c1-9-10(2)18-13-4-3-11(7-12(9)13)15(21)19(5-6-20)8-14(16)17/h3-4,7,14,18,20H,5-6,8H2,1-2H3. The van der Waals surface area contributed by atoms with Gasteiger partial charge in [-0.15, -0.1) is 0 Å². The molecule has 0 aliphatic heterocycles. The lowest BCUT2D eigenvalue weighted by Gasteiger charge is -2.21. The van der Waals surface area contributed by atoms with Crippen molar-refractivity contribution in [1.82, 2.24) is 9.88 Å². The number of carbonyl (C=O) groups excluding carboxylic acids is 1. The minimum atomic E-state index is -2.62. The molecule has 21 heavy (non-hydrogen) atoms. The molecule has 0 fully saturated rings. The summed E-state index contributed by atoms with van der Waals surface area (Å²) >= 11 is 0. The second-order valence-electron chi connectivity index (χ2n) is 5.00. The van der Waals surface area contributed by atoms with Crippen LogP contribution in [0.2, 0.25) is 0 Å². The molecule has 2 N–H and O–H groups in total. The molecule has 4 nitrogen and oxygen atoms in total. The Hall–Kier alpha value is -1.95. The molecule has 1 heterocycles. The summed E-state index contributed by atoms with van der Waals surface area (Å²) in [7, 11) is 0. The monoisotopic (exact) mass is 296 g/mol. The molecule has 1 aromatic carbocycles. The van der Waals surface area contributed by atoms with Gasteiger partial charge in [-0.2, -0.15) is 0 Å². The molecule has 0 aliphatic carbocycles. The second-order valence-corrected chi connectivity index (χ2v) is 5.00. The summed E-state index contributed by atoms with van der Waals surface area (Å²) in [6.45, 7) is 2.75. The number of benzene rings is 1. The van der Waals surface area contributed by atoms with Crippen LogP contribution in [0.25, 0.3) is 10.9 Å². The fourth-order valence-corrected chi connectivity index (χ4v) is 2.34. The lowest BCUT2D eigenvalue weighted by atomic mass is 10.1. The first-order chi connectivity index (χ1) is 9.93. The number of H-pyrrole nitrogens is 1. The zero-order valence-electron chi connectivity index (χ0n) is 12.0. The largest absolute Gasteiger partial charge is 0.395 e. The number of aromatic amines is 1. The number of hydrogen-bond acceptors (Lipinski definition) is 2. The number of aliphatic hydroxyl groups is 1. The van der Waals surface area contributed by atoms with E-state index in [0.29, 0.717) is 5.56 Å². The summed E-state index contributed by atoms with van der Waals surface area (Å²) in [5.74, 6) is -0.496. The number of nitrogens with one attached hydrogen (secondary N) is 1. The third kappa shape index (κ3) is 3.21. The molecule has 0 bridgehead atoms. The first kappa shape index (κ1) is 15.4. The van der Waals surface area contributed by atoms with Crippen LogP contribution < -0.4 is 0 Å². The molecule has 114 valence electrons. The Morgan fingerprint density at radius 3 is 2.71 bits per heavy atom. The number of carbonyl (C=O) groups is 1. The SMILES string of the molecule is Cc1[nH]c2ccc(C(=O)N(CCO)CC(F)F)cc2c1C. The predicted molar refractivity (Wildman–Crippen MR) is 76.8 cm³/mol. The second kappa shape index (κ2) is 6.22. The van der Waals surface area contributed by atoms with Crippen LogP contribution in [0.3, 0.4) is 0 Å². The average Bonchev–Trinajstić information content (AvgIpc) is 2.72. The summed E-state index contributed by atoms with van der Waals surface area (Å²) in [5.41, 5.74) is 3.29. The van der Waals surface area contributed by atoms with Gasteiger partial charge in [-0.1, -0.05) is 0 Å². The van der Waals surface area contributed by atoms with Crippen molar-refractivity contribution < 1.29 is 18.7 Å². The van der Waals surface area contributed by atoms with E-state index < -0.39 is 18.9 Å². The highest BCUT2D eigenvalue weighted by atomic mass is 19.3. The molecule has 1 amide bonds. The number of aryl methyl sites for hydroxylation is 2. The Kier molecular flexibility index (Phi) is 4.57. The van der Waals surface area contributed by atoms with Crippen molar-refractivity contribution in [2.24, 2.45) is 0 Å². The number of aliphatic hydroxyl groups excluding tert-OH is 1. The predicted octanol–water partition coefficient (Wildman–Crippen LogP) is 2.48. The number of aromatic nitrogens is 1. The highest BCUT2D eigenvalue weighted by Gasteiger charge is 2.20. The number of amides is 1. The van der Waals surface area contributed by atoms with Crippen molar-refractivity contribution in [3.63, 3.8) is 0 Å². The summed E-state index contributed by atoms with van der Waals surface area (Å²) in [6.07, 6.45) is -2.62. The van der Waals surface area contributed by atoms with Crippen LogP contribution in [0.1, 0.15) is 21.6 Å². The van der Waals surface area contributed by atoms with Crippen LogP contribution in [0, 0.1) is 13.8 Å². The van der Waals surface area contributed by atoms with Gasteiger partial charge in [0, 0.05) is 28.7 Å². The highest BCUT2D eigenvalue weighted by Crippen LogP contribution is 2.23. The van der Waals surface area contributed by atoms with E-state index in [2.05, 4.69) is 4.98 Å².